The lowest BCUT2D eigenvalue weighted by atomic mass is 9.78. The molecular formula is C23H34N4O3S. The van der Waals surface area contributed by atoms with Crippen LogP contribution in [-0.2, 0) is 14.8 Å². The minimum Gasteiger partial charge on any atom is -0.402 e. The summed E-state index contributed by atoms with van der Waals surface area (Å²) in [6.45, 7) is 14.0. The zero-order valence-corrected chi connectivity index (χ0v) is 20.3. The Morgan fingerprint density at radius 1 is 1.19 bits per heavy atom. The summed E-state index contributed by atoms with van der Waals surface area (Å²) in [6, 6.07) is 6.01. The number of benzene rings is 1. The van der Waals surface area contributed by atoms with Crippen LogP contribution < -0.4 is 11.1 Å². The predicted octanol–water partition coefficient (Wildman–Crippen LogP) is 4.52. The van der Waals surface area contributed by atoms with Gasteiger partial charge in [0, 0.05) is 17.1 Å². The molecule has 1 aromatic carbocycles. The van der Waals surface area contributed by atoms with Crippen molar-refractivity contribution in [2.75, 3.05) is 5.32 Å². The molecule has 1 unspecified atom stereocenters. The van der Waals surface area contributed by atoms with Crippen LogP contribution in [-0.4, -0.2) is 26.4 Å². The summed E-state index contributed by atoms with van der Waals surface area (Å²) in [5.41, 5.74) is 6.78. The molecule has 7 nitrogen and oxygen atoms in total. The Balaban J connectivity index is 2.13. The molecule has 0 radical (unpaired) electrons. The van der Waals surface area contributed by atoms with Crippen molar-refractivity contribution >= 4 is 33.7 Å². The molecule has 0 aromatic heterocycles. The molecule has 0 aliphatic heterocycles. The molecule has 1 aliphatic rings. The maximum atomic E-state index is 13.1. The molecule has 8 heteroatoms. The third-order valence-electron chi connectivity index (χ3n) is 5.47. The van der Waals surface area contributed by atoms with Crippen molar-refractivity contribution in [1.82, 2.24) is 0 Å². The number of allylic oxidation sites excluding steroid dienone is 2. The number of carbonyl (C=O) groups is 1. The maximum absolute atomic E-state index is 13.1. The topological polar surface area (TPSA) is 114 Å². The van der Waals surface area contributed by atoms with E-state index in [9.17, 15) is 13.2 Å². The van der Waals surface area contributed by atoms with E-state index in [1.807, 2.05) is 0 Å². The average Bonchev–Trinajstić information content (AvgIpc) is 3.14. The number of sulfonamides is 1. The Morgan fingerprint density at radius 2 is 1.74 bits per heavy atom. The van der Waals surface area contributed by atoms with Gasteiger partial charge in [-0.2, -0.15) is 8.42 Å². The Kier molecular flexibility index (Phi) is 6.85. The van der Waals surface area contributed by atoms with Crippen molar-refractivity contribution in [2.24, 2.45) is 31.4 Å². The molecule has 1 atom stereocenters. The second-order valence-corrected chi connectivity index (χ2v) is 11.8. The van der Waals surface area contributed by atoms with Crippen LogP contribution in [0.1, 0.15) is 61.3 Å². The van der Waals surface area contributed by atoms with Gasteiger partial charge in [-0.3, -0.25) is 4.79 Å². The van der Waals surface area contributed by atoms with Gasteiger partial charge in [-0.25, -0.2) is 4.99 Å². The predicted molar refractivity (Wildman–Crippen MR) is 127 cm³/mol. The molecule has 0 heterocycles. The van der Waals surface area contributed by atoms with Gasteiger partial charge in [0.05, 0.1) is 10.3 Å². The number of carbonyl (C=O) groups excluding carboxylic acids is 1. The van der Waals surface area contributed by atoms with Gasteiger partial charge in [-0.15, -0.1) is 4.40 Å². The first-order chi connectivity index (χ1) is 14.1. The summed E-state index contributed by atoms with van der Waals surface area (Å²) in [5, 5.41) is 2.97. The van der Waals surface area contributed by atoms with Crippen molar-refractivity contribution in [1.29, 1.82) is 0 Å². The quantitative estimate of drug-likeness (QED) is 0.473. The molecule has 0 saturated heterocycles. The van der Waals surface area contributed by atoms with E-state index in [2.05, 4.69) is 49.3 Å². The lowest BCUT2D eigenvalue weighted by molar-refractivity contribution is -0.123. The van der Waals surface area contributed by atoms with E-state index in [0.29, 0.717) is 17.1 Å². The highest BCUT2D eigenvalue weighted by atomic mass is 32.2. The van der Waals surface area contributed by atoms with Crippen LogP contribution in [0.15, 0.2) is 50.3 Å². The Hall–Kier alpha value is -2.48. The summed E-state index contributed by atoms with van der Waals surface area (Å²) >= 11 is 0. The summed E-state index contributed by atoms with van der Waals surface area (Å²) in [6.07, 6.45) is 4.23. The van der Waals surface area contributed by atoms with Gasteiger partial charge >= 0.3 is 0 Å². The van der Waals surface area contributed by atoms with E-state index < -0.39 is 15.4 Å². The highest BCUT2D eigenvalue weighted by Gasteiger charge is 2.66. The van der Waals surface area contributed by atoms with Crippen molar-refractivity contribution < 1.29 is 13.2 Å². The van der Waals surface area contributed by atoms with Crippen LogP contribution in [0.25, 0.3) is 0 Å². The van der Waals surface area contributed by atoms with E-state index in [1.165, 1.54) is 12.1 Å². The Bertz CT molecular complexity index is 1030. The Morgan fingerprint density at radius 3 is 2.19 bits per heavy atom. The first kappa shape index (κ1) is 24.8. The molecule has 1 amide bonds. The fourth-order valence-electron chi connectivity index (χ4n) is 3.95. The second kappa shape index (κ2) is 8.57. The number of hydrogen-bond donors (Lipinski definition) is 2. The summed E-state index contributed by atoms with van der Waals surface area (Å²) in [5.74, 6) is -0.0193. The monoisotopic (exact) mass is 446 g/mol. The van der Waals surface area contributed by atoms with E-state index in [-0.39, 0.29) is 21.6 Å². The average molecular weight is 447 g/mol. The molecule has 0 bridgehead atoms. The lowest BCUT2D eigenvalue weighted by Crippen LogP contribution is -2.32. The number of aliphatic imine (C=N–C) groups is 1. The zero-order valence-electron chi connectivity index (χ0n) is 19.5. The van der Waals surface area contributed by atoms with Crippen LogP contribution in [0.5, 0.6) is 0 Å². The standard InChI is InChI=1S/C23H34N4O3S/c1-16(24)12-17(2)25-15-26-31(29,30)19-10-8-18(9-11-19)27-20(28)23(13-21(3,4)5)14-22(23,6)7/h8-12,15H,13-14,24H2,1-7H3,(H,27,28). The van der Waals surface area contributed by atoms with Crippen molar-refractivity contribution in [3.63, 3.8) is 0 Å². The van der Waals surface area contributed by atoms with Crippen molar-refractivity contribution in [3.05, 3.63) is 36.0 Å². The van der Waals surface area contributed by atoms with Gasteiger partial charge in [0.15, 0.2) is 0 Å². The molecule has 170 valence electrons. The molecular weight excluding hydrogens is 412 g/mol. The molecule has 31 heavy (non-hydrogen) atoms. The van der Waals surface area contributed by atoms with Gasteiger partial charge in [0.25, 0.3) is 10.0 Å². The number of nitrogens with zero attached hydrogens (tertiary/aromatic N) is 2. The SMILES string of the molecule is CC(N)=CC(C)=NC=NS(=O)(=O)c1ccc(NC(=O)C2(CC(C)(C)C)CC2(C)C)cc1. The highest BCUT2D eigenvalue weighted by Crippen LogP contribution is 2.68. The van der Waals surface area contributed by atoms with Gasteiger partial charge in [-0.1, -0.05) is 34.6 Å². The molecule has 2 rings (SSSR count). The summed E-state index contributed by atoms with van der Waals surface area (Å²) in [7, 11) is -3.89. The molecule has 1 saturated carbocycles. The third kappa shape index (κ3) is 6.26. The fraction of sp³-hybridized carbons (Fsp3) is 0.522. The lowest BCUT2D eigenvalue weighted by Gasteiger charge is -2.28. The molecule has 3 N–H and O–H groups in total. The number of anilines is 1. The highest BCUT2D eigenvalue weighted by molar-refractivity contribution is 7.90. The van der Waals surface area contributed by atoms with Gasteiger partial charge in [0.2, 0.25) is 5.91 Å². The zero-order chi connectivity index (χ0) is 23.7. The number of amides is 1. The van der Waals surface area contributed by atoms with Gasteiger partial charge in [0.1, 0.15) is 6.34 Å². The van der Waals surface area contributed by atoms with Crippen LogP contribution in [0.2, 0.25) is 0 Å². The number of nitrogens with two attached hydrogens (primary N) is 1. The third-order valence-corrected chi connectivity index (χ3v) is 6.71. The normalized spacial score (nSPS) is 21.9. The first-order valence-corrected chi connectivity index (χ1v) is 11.7. The van der Waals surface area contributed by atoms with Gasteiger partial charge in [-0.05, 0) is 67.9 Å². The van der Waals surface area contributed by atoms with Crippen LogP contribution in [0.3, 0.4) is 0 Å². The maximum Gasteiger partial charge on any atom is 0.283 e. The first-order valence-electron chi connectivity index (χ1n) is 10.3. The molecule has 1 aromatic rings. The van der Waals surface area contributed by atoms with Crippen LogP contribution in [0.4, 0.5) is 5.69 Å². The largest absolute Gasteiger partial charge is 0.402 e. The van der Waals surface area contributed by atoms with Crippen LogP contribution in [0, 0.1) is 16.2 Å². The smallest absolute Gasteiger partial charge is 0.283 e. The van der Waals surface area contributed by atoms with E-state index in [1.54, 1.807) is 32.1 Å². The van der Waals surface area contributed by atoms with E-state index in [0.717, 1.165) is 19.2 Å². The minimum atomic E-state index is -3.89. The molecule has 0 spiro atoms. The Labute approximate surface area is 186 Å². The minimum absolute atomic E-state index is 0.0193. The van der Waals surface area contributed by atoms with Crippen molar-refractivity contribution in [2.45, 2.75) is 66.2 Å². The number of rotatable bonds is 7. The molecule has 1 aliphatic carbocycles. The number of nitrogens with one attached hydrogen (secondary N) is 1. The van der Waals surface area contributed by atoms with Crippen molar-refractivity contribution in [3.8, 4) is 0 Å². The summed E-state index contributed by atoms with van der Waals surface area (Å²) in [4.78, 5) is 17.0. The van der Waals surface area contributed by atoms with E-state index >= 15 is 0 Å². The second-order valence-electron chi connectivity index (χ2n) is 10.2. The molecule has 1 fully saturated rings. The fourth-order valence-corrected chi connectivity index (χ4v) is 4.72. The van der Waals surface area contributed by atoms with Gasteiger partial charge < -0.3 is 11.1 Å². The van der Waals surface area contributed by atoms with Crippen LogP contribution >= 0.6 is 0 Å². The van der Waals surface area contributed by atoms with E-state index in [4.69, 9.17) is 5.73 Å². The summed E-state index contributed by atoms with van der Waals surface area (Å²) < 4.78 is 28.3. The number of hydrogen-bond acceptors (Lipinski definition) is 4.